The molecule has 0 amide bonds. The predicted molar refractivity (Wildman–Crippen MR) is 90.8 cm³/mol. The average Bonchev–Trinajstić information content (AvgIpc) is 2.56. The molecule has 0 aliphatic rings. The van der Waals surface area contributed by atoms with E-state index in [0.717, 1.165) is 5.56 Å². The molecule has 0 N–H and O–H groups in total. The van der Waals surface area contributed by atoms with Gasteiger partial charge in [-0.05, 0) is 40.9 Å². The van der Waals surface area contributed by atoms with Gasteiger partial charge in [0.15, 0.2) is 5.78 Å². The first-order valence-electron chi connectivity index (χ1n) is 7.02. The second-order valence-corrected chi connectivity index (χ2v) is 5.54. The molecule has 24 heavy (non-hydrogen) atoms. The minimum absolute atomic E-state index is 0.00751. The van der Waals surface area contributed by atoms with Gasteiger partial charge >= 0.3 is 6.01 Å². The highest BCUT2D eigenvalue weighted by Gasteiger charge is 2.08. The summed E-state index contributed by atoms with van der Waals surface area (Å²) in [6.07, 6.45) is 0.313. The van der Waals surface area contributed by atoms with Crippen LogP contribution in [0.5, 0.6) is 11.8 Å². The van der Waals surface area contributed by atoms with Crippen LogP contribution < -0.4 is 4.74 Å². The number of hydrogen-bond acceptors (Lipinski definition) is 5. The molecule has 3 rings (SSSR count). The van der Waals surface area contributed by atoms with Crippen molar-refractivity contribution in [3.63, 3.8) is 0 Å². The molecular weight excluding hydrogens is 349 g/mol. The Morgan fingerprint density at radius 1 is 0.875 bits per heavy atom. The van der Waals surface area contributed by atoms with Gasteiger partial charge in [0.05, 0.1) is 0 Å². The lowest BCUT2D eigenvalue weighted by molar-refractivity contribution is 0.0993. The highest BCUT2D eigenvalue weighted by atomic mass is 35.5. The Morgan fingerprint density at radius 3 is 2.12 bits per heavy atom. The summed E-state index contributed by atoms with van der Waals surface area (Å²) in [5.74, 6) is 0.560. The van der Waals surface area contributed by atoms with Crippen molar-refractivity contribution in [2.75, 3.05) is 0 Å². The summed E-state index contributed by atoms with van der Waals surface area (Å²) >= 11 is 11.4. The molecule has 0 unspecified atom stereocenters. The van der Waals surface area contributed by atoms with Crippen molar-refractivity contribution in [1.82, 2.24) is 15.0 Å². The van der Waals surface area contributed by atoms with Gasteiger partial charge in [-0.2, -0.15) is 15.0 Å². The molecule has 0 spiro atoms. The van der Waals surface area contributed by atoms with E-state index >= 15 is 0 Å². The molecule has 1 heterocycles. The van der Waals surface area contributed by atoms with E-state index in [0.29, 0.717) is 17.7 Å². The van der Waals surface area contributed by atoms with Crippen LogP contribution in [0.2, 0.25) is 10.6 Å². The molecule has 0 saturated heterocycles. The number of carbonyl (C=O) groups is 1. The fourth-order valence-corrected chi connectivity index (χ4v) is 2.39. The highest BCUT2D eigenvalue weighted by molar-refractivity contribution is 6.31. The smallest absolute Gasteiger partial charge is 0.327 e. The van der Waals surface area contributed by atoms with Gasteiger partial charge in [-0.1, -0.05) is 42.5 Å². The van der Waals surface area contributed by atoms with Crippen molar-refractivity contribution in [3.8, 4) is 11.8 Å². The molecule has 5 nitrogen and oxygen atoms in total. The van der Waals surface area contributed by atoms with Crippen LogP contribution in [0.1, 0.15) is 15.9 Å². The van der Waals surface area contributed by atoms with E-state index < -0.39 is 0 Å². The number of ketones is 1. The standard InChI is InChI=1S/C17H11Cl2N3O2/c18-15-20-16(19)22-17(21-15)24-13-8-6-11(7-9-13)10-14(23)12-4-2-1-3-5-12/h1-9H,10H2. The lowest BCUT2D eigenvalue weighted by Gasteiger charge is -2.05. The maximum absolute atomic E-state index is 12.2. The molecule has 0 radical (unpaired) electrons. The van der Waals surface area contributed by atoms with Crippen molar-refractivity contribution in [2.45, 2.75) is 6.42 Å². The highest BCUT2D eigenvalue weighted by Crippen LogP contribution is 2.21. The number of benzene rings is 2. The molecule has 0 aliphatic carbocycles. The molecule has 0 atom stereocenters. The van der Waals surface area contributed by atoms with Crippen LogP contribution in [-0.4, -0.2) is 20.7 Å². The van der Waals surface area contributed by atoms with E-state index in [9.17, 15) is 4.79 Å². The van der Waals surface area contributed by atoms with Gasteiger partial charge in [0.2, 0.25) is 10.6 Å². The predicted octanol–water partition coefficient (Wildman–Crippen LogP) is 4.40. The number of hydrogen-bond donors (Lipinski definition) is 0. The quantitative estimate of drug-likeness (QED) is 0.631. The number of aromatic nitrogens is 3. The Hall–Kier alpha value is -2.50. The molecule has 2 aromatic carbocycles. The summed E-state index contributed by atoms with van der Waals surface area (Å²) in [6, 6.07) is 16.2. The molecule has 0 aliphatic heterocycles. The first-order chi connectivity index (χ1) is 11.6. The molecule has 0 saturated carbocycles. The summed E-state index contributed by atoms with van der Waals surface area (Å²) < 4.78 is 5.47. The van der Waals surface area contributed by atoms with Crippen molar-refractivity contribution < 1.29 is 9.53 Å². The molecule has 0 bridgehead atoms. The fourth-order valence-electron chi connectivity index (χ4n) is 2.05. The zero-order valence-corrected chi connectivity index (χ0v) is 13.8. The molecule has 3 aromatic rings. The van der Waals surface area contributed by atoms with Crippen LogP contribution in [0, 0.1) is 0 Å². The van der Waals surface area contributed by atoms with E-state index in [-0.39, 0.29) is 22.4 Å². The molecule has 0 fully saturated rings. The lowest BCUT2D eigenvalue weighted by Crippen LogP contribution is -2.03. The largest absolute Gasteiger partial charge is 0.424 e. The van der Waals surface area contributed by atoms with Gasteiger partial charge in [-0.3, -0.25) is 4.79 Å². The number of rotatable bonds is 5. The minimum Gasteiger partial charge on any atom is -0.424 e. The van der Waals surface area contributed by atoms with Gasteiger partial charge in [-0.15, -0.1) is 0 Å². The van der Waals surface area contributed by atoms with E-state index in [1.165, 1.54) is 0 Å². The Morgan fingerprint density at radius 2 is 1.50 bits per heavy atom. The first-order valence-corrected chi connectivity index (χ1v) is 7.78. The number of Topliss-reactive ketones (excluding diaryl/α,β-unsaturated/α-hetero) is 1. The topological polar surface area (TPSA) is 65.0 Å². The second kappa shape index (κ2) is 7.38. The zero-order chi connectivity index (χ0) is 16.9. The molecular formula is C17H11Cl2N3O2. The van der Waals surface area contributed by atoms with Crippen LogP contribution in [0.3, 0.4) is 0 Å². The van der Waals surface area contributed by atoms with E-state index in [1.807, 2.05) is 18.2 Å². The van der Waals surface area contributed by atoms with E-state index in [1.54, 1.807) is 36.4 Å². The fraction of sp³-hybridized carbons (Fsp3) is 0.0588. The molecule has 1 aromatic heterocycles. The summed E-state index contributed by atoms with van der Waals surface area (Å²) in [6.45, 7) is 0. The maximum Gasteiger partial charge on any atom is 0.327 e. The normalized spacial score (nSPS) is 10.4. The zero-order valence-electron chi connectivity index (χ0n) is 12.3. The van der Waals surface area contributed by atoms with Crippen LogP contribution in [-0.2, 0) is 6.42 Å². The van der Waals surface area contributed by atoms with Gasteiger partial charge in [0.25, 0.3) is 0 Å². The average molecular weight is 360 g/mol. The van der Waals surface area contributed by atoms with Crippen molar-refractivity contribution in [1.29, 1.82) is 0 Å². The Labute approximate surface area is 148 Å². The molecule has 7 heteroatoms. The van der Waals surface area contributed by atoms with Crippen LogP contribution in [0.15, 0.2) is 54.6 Å². The third-order valence-corrected chi connectivity index (χ3v) is 3.49. The molecule has 120 valence electrons. The summed E-state index contributed by atoms with van der Waals surface area (Å²) in [5.41, 5.74) is 1.57. The van der Waals surface area contributed by atoms with Crippen molar-refractivity contribution >= 4 is 29.0 Å². The number of carbonyl (C=O) groups excluding carboxylic acids is 1. The summed E-state index contributed by atoms with van der Waals surface area (Å²) in [7, 11) is 0. The van der Waals surface area contributed by atoms with Crippen LogP contribution in [0.25, 0.3) is 0 Å². The third-order valence-electron chi connectivity index (χ3n) is 3.15. The number of ether oxygens (including phenoxy) is 1. The van der Waals surface area contributed by atoms with E-state index in [2.05, 4.69) is 15.0 Å². The Balaban J connectivity index is 1.68. The monoisotopic (exact) mass is 359 g/mol. The Bertz CT molecular complexity index is 835. The van der Waals surface area contributed by atoms with Gasteiger partial charge in [0, 0.05) is 12.0 Å². The summed E-state index contributed by atoms with van der Waals surface area (Å²) in [4.78, 5) is 23.5. The van der Waals surface area contributed by atoms with Gasteiger partial charge < -0.3 is 4.74 Å². The maximum atomic E-state index is 12.2. The SMILES string of the molecule is O=C(Cc1ccc(Oc2nc(Cl)nc(Cl)n2)cc1)c1ccccc1. The first kappa shape index (κ1) is 16.4. The second-order valence-electron chi connectivity index (χ2n) is 4.87. The summed E-state index contributed by atoms with van der Waals surface area (Å²) in [5, 5.41) is -0.0924. The van der Waals surface area contributed by atoms with Gasteiger partial charge in [0.1, 0.15) is 5.75 Å². The van der Waals surface area contributed by atoms with Crippen molar-refractivity contribution in [3.05, 3.63) is 76.3 Å². The lowest BCUT2D eigenvalue weighted by atomic mass is 10.0. The van der Waals surface area contributed by atoms with Crippen LogP contribution in [0.4, 0.5) is 0 Å². The number of nitrogens with zero attached hydrogens (tertiary/aromatic N) is 3. The number of halogens is 2. The van der Waals surface area contributed by atoms with Crippen LogP contribution >= 0.6 is 23.2 Å². The Kier molecular flexibility index (Phi) is 5.03. The van der Waals surface area contributed by atoms with Crippen molar-refractivity contribution in [2.24, 2.45) is 0 Å². The minimum atomic E-state index is -0.0462. The third kappa shape index (κ3) is 4.28. The van der Waals surface area contributed by atoms with Gasteiger partial charge in [-0.25, -0.2) is 0 Å². The van der Waals surface area contributed by atoms with E-state index in [4.69, 9.17) is 27.9 Å².